The number of carboxylic acids is 1. The van der Waals surface area contributed by atoms with Gasteiger partial charge in [-0.15, -0.1) is 0 Å². The third-order valence-corrected chi connectivity index (χ3v) is 2.55. The van der Waals surface area contributed by atoms with Crippen molar-refractivity contribution in [1.82, 2.24) is 4.98 Å². The number of nitrogens with zero attached hydrogens (tertiary/aromatic N) is 2. The molecule has 1 N–H and O–H groups in total. The Balaban J connectivity index is 3.08. The molecule has 106 valence electrons. The molecule has 0 unspecified atom stereocenters. The van der Waals surface area contributed by atoms with E-state index in [1.165, 1.54) is 4.90 Å². The van der Waals surface area contributed by atoms with Crippen molar-refractivity contribution in [2.75, 3.05) is 18.0 Å². The van der Waals surface area contributed by atoms with E-state index in [9.17, 15) is 18.0 Å². The minimum atomic E-state index is -4.53. The van der Waals surface area contributed by atoms with Gasteiger partial charge in [0.2, 0.25) is 0 Å². The molecular weight excluding hydrogens is 285 g/mol. The van der Waals surface area contributed by atoms with Gasteiger partial charge in [0.05, 0.1) is 10.6 Å². The van der Waals surface area contributed by atoms with Gasteiger partial charge in [-0.25, -0.2) is 4.98 Å². The lowest BCUT2D eigenvalue weighted by molar-refractivity contribution is -0.138. The Morgan fingerprint density at radius 2 is 2.16 bits per heavy atom. The van der Waals surface area contributed by atoms with Crippen LogP contribution in [0, 0.1) is 0 Å². The van der Waals surface area contributed by atoms with E-state index in [1.807, 2.05) is 6.92 Å². The van der Waals surface area contributed by atoms with E-state index in [0.29, 0.717) is 19.2 Å². The average Bonchev–Trinajstić information content (AvgIpc) is 2.26. The number of aliphatic carboxylic acids is 1. The predicted octanol–water partition coefficient (Wildman–Crippen LogP) is 3.05. The molecule has 1 rings (SSSR count). The summed E-state index contributed by atoms with van der Waals surface area (Å²) >= 11 is 5.75. The molecule has 0 amide bonds. The lowest BCUT2D eigenvalue weighted by Gasteiger charge is -2.22. The van der Waals surface area contributed by atoms with Gasteiger partial charge < -0.3 is 10.0 Å². The summed E-state index contributed by atoms with van der Waals surface area (Å²) in [5, 5.41) is 8.54. The highest BCUT2D eigenvalue weighted by molar-refractivity contribution is 6.33. The first-order valence-corrected chi connectivity index (χ1v) is 5.83. The molecule has 0 bridgehead atoms. The third-order valence-electron chi connectivity index (χ3n) is 2.27. The summed E-state index contributed by atoms with van der Waals surface area (Å²) in [6, 6.07) is 0.744. The Labute approximate surface area is 112 Å². The number of aromatic nitrogens is 1. The van der Waals surface area contributed by atoms with E-state index < -0.39 is 17.7 Å². The second-order valence-electron chi connectivity index (χ2n) is 3.84. The molecule has 19 heavy (non-hydrogen) atoms. The Bertz CT molecular complexity index is 466. The van der Waals surface area contributed by atoms with Gasteiger partial charge in [0.1, 0.15) is 12.4 Å². The van der Waals surface area contributed by atoms with E-state index in [4.69, 9.17) is 16.7 Å². The van der Waals surface area contributed by atoms with E-state index in [0.717, 1.165) is 6.07 Å². The van der Waals surface area contributed by atoms with Crippen LogP contribution in [0.25, 0.3) is 0 Å². The van der Waals surface area contributed by atoms with Gasteiger partial charge in [0.25, 0.3) is 0 Å². The van der Waals surface area contributed by atoms with Crippen molar-refractivity contribution >= 4 is 23.4 Å². The summed E-state index contributed by atoms with van der Waals surface area (Å²) in [5.41, 5.74) is -0.965. The zero-order chi connectivity index (χ0) is 14.6. The van der Waals surface area contributed by atoms with Gasteiger partial charge in [-0.3, -0.25) is 4.79 Å². The third kappa shape index (κ3) is 4.27. The summed E-state index contributed by atoms with van der Waals surface area (Å²) in [7, 11) is 0. The number of rotatable bonds is 5. The van der Waals surface area contributed by atoms with Gasteiger partial charge in [-0.1, -0.05) is 18.5 Å². The molecule has 1 aromatic rings. The minimum Gasteiger partial charge on any atom is -0.480 e. The normalized spacial score (nSPS) is 11.4. The smallest absolute Gasteiger partial charge is 0.417 e. The van der Waals surface area contributed by atoms with Crippen molar-refractivity contribution in [3.05, 3.63) is 22.8 Å². The van der Waals surface area contributed by atoms with Gasteiger partial charge >= 0.3 is 12.1 Å². The largest absolute Gasteiger partial charge is 0.480 e. The minimum absolute atomic E-state index is 0.0407. The number of alkyl halides is 3. The van der Waals surface area contributed by atoms with Crippen LogP contribution in [0.4, 0.5) is 19.0 Å². The van der Waals surface area contributed by atoms with Crippen molar-refractivity contribution in [2.45, 2.75) is 19.5 Å². The fraction of sp³-hybridized carbons (Fsp3) is 0.455. The first-order valence-electron chi connectivity index (χ1n) is 5.45. The maximum atomic E-state index is 12.5. The second-order valence-corrected chi connectivity index (χ2v) is 4.25. The SMILES string of the molecule is CCCN(CC(=O)O)c1ncc(C(F)(F)F)cc1Cl. The molecule has 0 aromatic carbocycles. The van der Waals surface area contributed by atoms with Crippen LogP contribution in [0.1, 0.15) is 18.9 Å². The topological polar surface area (TPSA) is 53.4 Å². The molecule has 0 aliphatic heterocycles. The van der Waals surface area contributed by atoms with Crippen LogP contribution in [-0.4, -0.2) is 29.1 Å². The van der Waals surface area contributed by atoms with Gasteiger partial charge in [0.15, 0.2) is 0 Å². The van der Waals surface area contributed by atoms with Crippen LogP contribution < -0.4 is 4.90 Å². The molecular formula is C11H12ClF3N2O2. The summed E-state index contributed by atoms with van der Waals surface area (Å²) in [5.74, 6) is -1.06. The van der Waals surface area contributed by atoms with Crippen LogP contribution in [0.5, 0.6) is 0 Å². The molecule has 8 heteroatoms. The van der Waals surface area contributed by atoms with Crippen molar-refractivity contribution in [3.8, 4) is 0 Å². The Kier molecular flexibility index (Phi) is 4.99. The van der Waals surface area contributed by atoms with Crippen LogP contribution in [0.15, 0.2) is 12.3 Å². The van der Waals surface area contributed by atoms with E-state index in [1.54, 1.807) is 0 Å². The summed E-state index contributed by atoms with van der Waals surface area (Å²) in [6.07, 6.45) is -3.27. The number of carbonyl (C=O) groups is 1. The summed E-state index contributed by atoms with van der Waals surface area (Å²) in [4.78, 5) is 15.7. The average molecular weight is 297 g/mol. The number of carboxylic acid groups (broad SMARTS) is 1. The van der Waals surface area contributed by atoms with E-state index in [2.05, 4.69) is 4.98 Å². The fourth-order valence-electron chi connectivity index (χ4n) is 1.51. The molecule has 0 spiro atoms. The number of hydrogen-bond donors (Lipinski definition) is 1. The molecule has 0 saturated carbocycles. The molecule has 0 aliphatic rings. The zero-order valence-corrected chi connectivity index (χ0v) is 10.8. The number of anilines is 1. The van der Waals surface area contributed by atoms with Crippen molar-refractivity contribution in [2.24, 2.45) is 0 Å². The quantitative estimate of drug-likeness (QED) is 0.907. The molecule has 1 aromatic heterocycles. The van der Waals surface area contributed by atoms with Gasteiger partial charge in [-0.2, -0.15) is 13.2 Å². The predicted molar refractivity (Wildman–Crippen MR) is 64.4 cm³/mol. The van der Waals surface area contributed by atoms with Gasteiger partial charge in [-0.05, 0) is 12.5 Å². The highest BCUT2D eigenvalue weighted by atomic mass is 35.5. The molecule has 4 nitrogen and oxygen atoms in total. The standard InChI is InChI=1S/C11H12ClF3N2O2/c1-2-3-17(6-9(18)19)10-8(12)4-7(5-16-10)11(13,14)15/h4-5H,2-3,6H2,1H3,(H,18,19). The monoisotopic (exact) mass is 296 g/mol. The maximum absolute atomic E-state index is 12.5. The lowest BCUT2D eigenvalue weighted by Crippen LogP contribution is -2.31. The zero-order valence-electron chi connectivity index (χ0n) is 10.0. The highest BCUT2D eigenvalue weighted by Gasteiger charge is 2.32. The Hall–Kier alpha value is -1.50. The molecule has 0 atom stereocenters. The Morgan fingerprint density at radius 3 is 2.58 bits per heavy atom. The first kappa shape index (κ1) is 15.6. The highest BCUT2D eigenvalue weighted by Crippen LogP contribution is 2.33. The van der Waals surface area contributed by atoms with Gasteiger partial charge in [0, 0.05) is 12.7 Å². The van der Waals surface area contributed by atoms with Crippen molar-refractivity contribution < 1.29 is 23.1 Å². The van der Waals surface area contributed by atoms with Crippen molar-refractivity contribution in [1.29, 1.82) is 0 Å². The Morgan fingerprint density at radius 1 is 1.53 bits per heavy atom. The van der Waals surface area contributed by atoms with Crippen LogP contribution in [0.2, 0.25) is 5.02 Å². The van der Waals surface area contributed by atoms with Crippen LogP contribution in [0.3, 0.4) is 0 Å². The molecule has 0 aliphatic carbocycles. The lowest BCUT2D eigenvalue weighted by atomic mass is 10.2. The van der Waals surface area contributed by atoms with Crippen LogP contribution in [-0.2, 0) is 11.0 Å². The number of pyridine rings is 1. The molecule has 0 saturated heterocycles. The van der Waals surface area contributed by atoms with E-state index in [-0.39, 0.29) is 17.4 Å². The second kappa shape index (κ2) is 6.10. The fourth-order valence-corrected chi connectivity index (χ4v) is 1.80. The van der Waals surface area contributed by atoms with Crippen molar-refractivity contribution in [3.63, 3.8) is 0 Å². The number of hydrogen-bond acceptors (Lipinski definition) is 3. The maximum Gasteiger partial charge on any atom is 0.417 e. The summed E-state index contributed by atoms with van der Waals surface area (Å²) in [6.45, 7) is 1.78. The summed E-state index contributed by atoms with van der Waals surface area (Å²) < 4.78 is 37.4. The molecule has 0 fully saturated rings. The molecule has 0 radical (unpaired) electrons. The number of halogens is 4. The van der Waals surface area contributed by atoms with E-state index >= 15 is 0 Å². The molecule has 1 heterocycles. The van der Waals surface area contributed by atoms with Crippen LogP contribution >= 0.6 is 11.6 Å². The first-order chi connectivity index (χ1) is 8.75.